The van der Waals surface area contributed by atoms with Crippen molar-refractivity contribution in [3.05, 3.63) is 29.8 Å². The van der Waals surface area contributed by atoms with Gasteiger partial charge in [0.15, 0.2) is 11.6 Å². The quantitative estimate of drug-likeness (QED) is 0.733. The summed E-state index contributed by atoms with van der Waals surface area (Å²) in [5.41, 5.74) is 5.52. The molecule has 1 aromatic carbocycles. The third-order valence-electron chi connectivity index (χ3n) is 3.33. The van der Waals surface area contributed by atoms with Crippen LogP contribution in [0.25, 0.3) is 0 Å². The molecule has 4 nitrogen and oxygen atoms in total. The summed E-state index contributed by atoms with van der Waals surface area (Å²) in [7, 11) is 1.74. The third kappa shape index (κ3) is 7.61. The molecule has 0 saturated heterocycles. The topological polar surface area (TPSA) is 55.6 Å². The first-order valence-corrected chi connectivity index (χ1v) is 7.27. The highest BCUT2D eigenvalue weighted by Gasteiger charge is 2.20. The summed E-state index contributed by atoms with van der Waals surface area (Å²) in [6.45, 7) is 5.27. The molecule has 1 rings (SSSR count). The molecule has 0 aromatic heterocycles. The Hall–Kier alpha value is -1.40. The minimum absolute atomic E-state index is 0. The van der Waals surface area contributed by atoms with Gasteiger partial charge in [-0.25, -0.2) is 8.78 Å². The molecule has 0 spiro atoms. The summed E-state index contributed by atoms with van der Waals surface area (Å²) < 4.78 is 31.3. The zero-order valence-electron chi connectivity index (χ0n) is 13.8. The van der Waals surface area contributed by atoms with Crippen molar-refractivity contribution in [1.82, 2.24) is 4.90 Å². The molecule has 0 fully saturated rings. The van der Waals surface area contributed by atoms with Crippen LogP contribution in [0.2, 0.25) is 0 Å². The van der Waals surface area contributed by atoms with Crippen molar-refractivity contribution < 1.29 is 18.3 Å². The number of carbonyl (C=O) groups is 1. The Balaban J connectivity index is 0.00000484. The van der Waals surface area contributed by atoms with E-state index >= 15 is 0 Å². The number of benzene rings is 1. The molecule has 0 aliphatic rings. The number of nitrogens with two attached hydrogens (primary N) is 1. The zero-order chi connectivity index (χ0) is 16.8. The fourth-order valence-corrected chi connectivity index (χ4v) is 1.98. The molecule has 0 heterocycles. The van der Waals surface area contributed by atoms with Crippen LogP contribution in [0.5, 0.6) is 5.75 Å². The molecule has 0 atom stereocenters. The SMILES string of the molecule is CN(CC(C)(C)CN)C(=O)CCCOc1ccc(F)cc1F.Cl. The molecular weight excluding hydrogens is 326 g/mol. The normalized spacial score (nSPS) is 10.9. The van der Waals surface area contributed by atoms with E-state index in [2.05, 4.69) is 0 Å². The average Bonchev–Trinajstić information content (AvgIpc) is 2.44. The highest BCUT2D eigenvalue weighted by molar-refractivity contribution is 5.85. The Morgan fingerprint density at radius 1 is 1.35 bits per heavy atom. The van der Waals surface area contributed by atoms with Crippen molar-refractivity contribution in [3.63, 3.8) is 0 Å². The van der Waals surface area contributed by atoms with Crippen LogP contribution in [0, 0.1) is 17.0 Å². The van der Waals surface area contributed by atoms with Gasteiger partial charge in [-0.1, -0.05) is 13.8 Å². The number of halogens is 3. The largest absolute Gasteiger partial charge is 0.491 e. The van der Waals surface area contributed by atoms with Crippen LogP contribution in [0.3, 0.4) is 0 Å². The summed E-state index contributed by atoms with van der Waals surface area (Å²) >= 11 is 0. The first-order valence-electron chi connectivity index (χ1n) is 7.27. The summed E-state index contributed by atoms with van der Waals surface area (Å²) in [5.74, 6) is -1.41. The second-order valence-electron chi connectivity index (χ2n) is 6.14. The van der Waals surface area contributed by atoms with E-state index in [1.807, 2.05) is 13.8 Å². The number of rotatable bonds is 8. The number of hydrogen-bond donors (Lipinski definition) is 1. The first kappa shape index (κ1) is 21.6. The molecule has 23 heavy (non-hydrogen) atoms. The van der Waals surface area contributed by atoms with E-state index in [1.54, 1.807) is 11.9 Å². The first-order chi connectivity index (χ1) is 10.2. The second kappa shape index (κ2) is 9.67. The number of ether oxygens (including phenoxy) is 1. The van der Waals surface area contributed by atoms with Crippen LogP contribution >= 0.6 is 12.4 Å². The highest BCUT2D eigenvalue weighted by Crippen LogP contribution is 2.18. The lowest BCUT2D eigenvalue weighted by molar-refractivity contribution is -0.131. The maximum atomic E-state index is 13.3. The summed E-state index contributed by atoms with van der Waals surface area (Å²) in [6, 6.07) is 3.14. The van der Waals surface area contributed by atoms with Crippen LogP contribution < -0.4 is 10.5 Å². The molecular formula is C16H25ClF2N2O2. The number of amides is 1. The van der Waals surface area contributed by atoms with Gasteiger partial charge in [0.2, 0.25) is 5.91 Å². The molecule has 2 N–H and O–H groups in total. The Kier molecular flexibility index (Phi) is 9.09. The minimum Gasteiger partial charge on any atom is -0.491 e. The number of carbonyl (C=O) groups excluding carboxylic acids is 1. The van der Waals surface area contributed by atoms with Gasteiger partial charge in [-0.2, -0.15) is 0 Å². The number of hydrogen-bond acceptors (Lipinski definition) is 3. The lowest BCUT2D eigenvalue weighted by atomic mass is 9.93. The molecule has 7 heteroatoms. The third-order valence-corrected chi connectivity index (χ3v) is 3.33. The number of nitrogens with zero attached hydrogens (tertiary/aromatic N) is 1. The molecule has 1 amide bonds. The van der Waals surface area contributed by atoms with Crippen LogP contribution in [0.1, 0.15) is 26.7 Å². The summed E-state index contributed by atoms with van der Waals surface area (Å²) in [5, 5.41) is 0. The van der Waals surface area contributed by atoms with E-state index in [4.69, 9.17) is 10.5 Å². The van der Waals surface area contributed by atoms with Crippen molar-refractivity contribution >= 4 is 18.3 Å². The van der Waals surface area contributed by atoms with Crippen LogP contribution in [-0.2, 0) is 4.79 Å². The van der Waals surface area contributed by atoms with Gasteiger partial charge in [-0.15, -0.1) is 12.4 Å². The highest BCUT2D eigenvalue weighted by atomic mass is 35.5. The summed E-state index contributed by atoms with van der Waals surface area (Å²) in [6.07, 6.45) is 0.767. The molecule has 0 aliphatic heterocycles. The molecule has 0 unspecified atom stereocenters. The van der Waals surface area contributed by atoms with Crippen molar-refractivity contribution in [1.29, 1.82) is 0 Å². The van der Waals surface area contributed by atoms with Gasteiger partial charge in [0, 0.05) is 26.1 Å². The van der Waals surface area contributed by atoms with E-state index in [0.717, 1.165) is 12.1 Å². The summed E-state index contributed by atoms with van der Waals surface area (Å²) in [4.78, 5) is 13.6. The lowest BCUT2D eigenvalue weighted by Crippen LogP contribution is -2.39. The fourth-order valence-electron chi connectivity index (χ4n) is 1.98. The fraction of sp³-hybridized carbons (Fsp3) is 0.562. The zero-order valence-corrected chi connectivity index (χ0v) is 14.6. The molecule has 1 aromatic rings. The lowest BCUT2D eigenvalue weighted by Gasteiger charge is -2.29. The van der Waals surface area contributed by atoms with Gasteiger partial charge in [0.1, 0.15) is 5.82 Å². The van der Waals surface area contributed by atoms with Crippen molar-refractivity contribution in [2.45, 2.75) is 26.7 Å². The predicted octanol–water partition coefficient (Wildman–Crippen LogP) is 2.99. The Morgan fingerprint density at radius 2 is 2.00 bits per heavy atom. The maximum absolute atomic E-state index is 13.3. The maximum Gasteiger partial charge on any atom is 0.222 e. The monoisotopic (exact) mass is 350 g/mol. The molecule has 0 saturated carbocycles. The standard InChI is InChI=1S/C16H24F2N2O2.ClH/c1-16(2,10-19)11-20(3)15(21)5-4-8-22-14-7-6-12(17)9-13(14)18;/h6-7,9H,4-5,8,10-11,19H2,1-3H3;1H. The van der Waals surface area contributed by atoms with Crippen molar-refractivity contribution in [2.75, 3.05) is 26.7 Å². The average molecular weight is 351 g/mol. The smallest absolute Gasteiger partial charge is 0.222 e. The minimum atomic E-state index is -0.742. The Morgan fingerprint density at radius 3 is 2.57 bits per heavy atom. The van der Waals surface area contributed by atoms with E-state index in [9.17, 15) is 13.6 Å². The van der Waals surface area contributed by atoms with E-state index < -0.39 is 11.6 Å². The van der Waals surface area contributed by atoms with Gasteiger partial charge in [-0.3, -0.25) is 4.79 Å². The van der Waals surface area contributed by atoms with Gasteiger partial charge in [0.25, 0.3) is 0 Å². The van der Waals surface area contributed by atoms with Gasteiger partial charge in [0.05, 0.1) is 6.61 Å². The van der Waals surface area contributed by atoms with Gasteiger partial charge >= 0.3 is 0 Å². The van der Waals surface area contributed by atoms with Gasteiger partial charge in [-0.05, 0) is 30.5 Å². The predicted molar refractivity (Wildman–Crippen MR) is 88.8 cm³/mol. The Labute approximate surface area is 142 Å². The van der Waals surface area contributed by atoms with Gasteiger partial charge < -0.3 is 15.4 Å². The van der Waals surface area contributed by atoms with Crippen LogP contribution in [0.15, 0.2) is 18.2 Å². The van der Waals surface area contributed by atoms with E-state index in [-0.39, 0.29) is 36.1 Å². The Bertz CT molecular complexity index is 513. The molecule has 0 aliphatic carbocycles. The van der Waals surface area contributed by atoms with E-state index in [0.29, 0.717) is 25.9 Å². The molecule has 132 valence electrons. The van der Waals surface area contributed by atoms with Crippen LogP contribution in [-0.4, -0.2) is 37.6 Å². The van der Waals surface area contributed by atoms with Crippen molar-refractivity contribution in [3.8, 4) is 5.75 Å². The molecule has 0 bridgehead atoms. The van der Waals surface area contributed by atoms with Crippen molar-refractivity contribution in [2.24, 2.45) is 11.1 Å². The molecule has 0 radical (unpaired) electrons. The van der Waals surface area contributed by atoms with E-state index in [1.165, 1.54) is 6.07 Å². The second-order valence-corrected chi connectivity index (χ2v) is 6.14. The van der Waals surface area contributed by atoms with Crippen LogP contribution in [0.4, 0.5) is 8.78 Å².